The molecule has 0 aromatic heterocycles. The molecular formula is C26H31N3O3. The molecule has 6 nitrogen and oxygen atoms in total. The zero-order valence-corrected chi connectivity index (χ0v) is 18.8. The fourth-order valence-corrected chi connectivity index (χ4v) is 4.79. The smallest absolute Gasteiger partial charge is 0.248 e. The Kier molecular flexibility index (Phi) is 6.23. The second-order valence-electron chi connectivity index (χ2n) is 8.94. The minimum atomic E-state index is 0.0753. The van der Waals surface area contributed by atoms with Crippen LogP contribution in [0.5, 0.6) is 5.75 Å². The van der Waals surface area contributed by atoms with Gasteiger partial charge in [-0.1, -0.05) is 17.7 Å². The standard InChI is InChI=1S/C26H31N3O3/c1-19-3-7-22(8-4-19)29-25(30)18-21-6-5-20-17-23(9-10-24(20)26(21)27-29)32-14-2-11-28-12-15-31-16-13-28/h3-4,7-10,17,21H,2,5-6,11-16,18H2,1H3. The molecule has 1 atom stereocenters. The van der Waals surface area contributed by atoms with Crippen LogP contribution in [-0.2, 0) is 16.0 Å². The van der Waals surface area contributed by atoms with Crippen molar-refractivity contribution in [1.82, 2.24) is 4.90 Å². The van der Waals surface area contributed by atoms with E-state index in [1.165, 1.54) is 11.1 Å². The maximum Gasteiger partial charge on any atom is 0.248 e. The summed E-state index contributed by atoms with van der Waals surface area (Å²) in [7, 11) is 0. The number of anilines is 1. The van der Waals surface area contributed by atoms with Crippen LogP contribution < -0.4 is 9.75 Å². The molecule has 168 valence electrons. The number of ether oxygens (including phenoxy) is 2. The van der Waals surface area contributed by atoms with Gasteiger partial charge in [0.15, 0.2) is 0 Å². The lowest BCUT2D eigenvalue weighted by Gasteiger charge is -2.33. The number of carbonyl (C=O) groups is 1. The van der Waals surface area contributed by atoms with Gasteiger partial charge in [0.2, 0.25) is 5.91 Å². The number of aryl methyl sites for hydroxylation is 2. The molecule has 5 rings (SSSR count). The molecule has 2 aliphatic heterocycles. The Morgan fingerprint density at radius 3 is 2.75 bits per heavy atom. The van der Waals surface area contributed by atoms with Crippen LogP contribution in [-0.4, -0.2) is 56.0 Å². The number of morpholine rings is 1. The van der Waals surface area contributed by atoms with Crippen molar-refractivity contribution in [3.05, 3.63) is 59.2 Å². The number of fused-ring (bicyclic) bond motifs is 3. The second-order valence-corrected chi connectivity index (χ2v) is 8.94. The summed E-state index contributed by atoms with van der Waals surface area (Å²) in [4.78, 5) is 15.2. The second kappa shape index (κ2) is 9.43. The Morgan fingerprint density at radius 1 is 1.12 bits per heavy atom. The lowest BCUT2D eigenvalue weighted by molar-refractivity contribution is -0.119. The van der Waals surface area contributed by atoms with Crippen LogP contribution >= 0.6 is 0 Å². The quantitative estimate of drug-likeness (QED) is 0.651. The van der Waals surface area contributed by atoms with Gasteiger partial charge in [-0.15, -0.1) is 0 Å². The molecule has 2 aromatic rings. The summed E-state index contributed by atoms with van der Waals surface area (Å²) in [5.74, 6) is 1.20. The largest absolute Gasteiger partial charge is 0.494 e. The minimum Gasteiger partial charge on any atom is -0.494 e. The number of hydrogen-bond donors (Lipinski definition) is 0. The monoisotopic (exact) mass is 433 g/mol. The predicted octanol–water partition coefficient (Wildman–Crippen LogP) is 3.80. The predicted molar refractivity (Wildman–Crippen MR) is 125 cm³/mol. The molecule has 2 heterocycles. The summed E-state index contributed by atoms with van der Waals surface area (Å²) >= 11 is 0. The molecule has 0 N–H and O–H groups in total. The molecule has 32 heavy (non-hydrogen) atoms. The molecule has 1 aliphatic carbocycles. The Hall–Kier alpha value is -2.70. The number of nitrogens with zero attached hydrogens (tertiary/aromatic N) is 3. The Morgan fingerprint density at radius 2 is 1.94 bits per heavy atom. The SMILES string of the molecule is Cc1ccc(N2N=C3c4ccc(OCCCN5CCOCC5)cc4CCC3CC2=O)cc1. The summed E-state index contributed by atoms with van der Waals surface area (Å²) < 4.78 is 11.5. The van der Waals surface area contributed by atoms with Gasteiger partial charge in [0.1, 0.15) is 5.75 Å². The third-order valence-corrected chi connectivity index (χ3v) is 6.64. The van der Waals surface area contributed by atoms with E-state index in [4.69, 9.17) is 14.6 Å². The van der Waals surface area contributed by atoms with Gasteiger partial charge in [-0.05, 0) is 62.1 Å². The van der Waals surface area contributed by atoms with E-state index in [0.29, 0.717) is 6.42 Å². The molecular weight excluding hydrogens is 402 g/mol. The van der Waals surface area contributed by atoms with Crippen molar-refractivity contribution in [3.63, 3.8) is 0 Å². The van der Waals surface area contributed by atoms with Crippen molar-refractivity contribution in [1.29, 1.82) is 0 Å². The van der Waals surface area contributed by atoms with Crippen LogP contribution in [0.15, 0.2) is 47.6 Å². The van der Waals surface area contributed by atoms with E-state index in [-0.39, 0.29) is 11.8 Å². The summed E-state index contributed by atoms with van der Waals surface area (Å²) in [6.45, 7) is 7.52. The zero-order chi connectivity index (χ0) is 21.9. The van der Waals surface area contributed by atoms with Crippen LogP contribution in [0.25, 0.3) is 0 Å². The third-order valence-electron chi connectivity index (χ3n) is 6.64. The first kappa shape index (κ1) is 21.2. The summed E-state index contributed by atoms with van der Waals surface area (Å²) in [5, 5.41) is 6.41. The number of amides is 1. The molecule has 0 spiro atoms. The summed E-state index contributed by atoms with van der Waals surface area (Å²) in [6, 6.07) is 14.3. The molecule has 2 aromatic carbocycles. The molecule has 0 saturated carbocycles. The highest BCUT2D eigenvalue weighted by molar-refractivity contribution is 6.11. The number of benzene rings is 2. The molecule has 1 fully saturated rings. The van der Waals surface area contributed by atoms with Gasteiger partial charge in [-0.2, -0.15) is 5.10 Å². The Balaban J connectivity index is 1.27. The molecule has 0 radical (unpaired) electrons. The average molecular weight is 434 g/mol. The highest BCUT2D eigenvalue weighted by Gasteiger charge is 2.34. The maximum atomic E-state index is 12.8. The highest BCUT2D eigenvalue weighted by atomic mass is 16.5. The lowest BCUT2D eigenvalue weighted by Crippen LogP contribution is -2.39. The number of rotatable bonds is 6. The van der Waals surface area contributed by atoms with E-state index >= 15 is 0 Å². The van der Waals surface area contributed by atoms with Gasteiger partial charge in [0, 0.05) is 37.5 Å². The maximum absolute atomic E-state index is 12.8. The van der Waals surface area contributed by atoms with E-state index in [2.05, 4.69) is 17.0 Å². The van der Waals surface area contributed by atoms with Crippen LogP contribution in [0.3, 0.4) is 0 Å². The Bertz CT molecular complexity index is 996. The first-order valence-corrected chi connectivity index (χ1v) is 11.7. The zero-order valence-electron chi connectivity index (χ0n) is 18.8. The van der Waals surface area contributed by atoms with Crippen LogP contribution in [0.4, 0.5) is 5.69 Å². The first-order chi connectivity index (χ1) is 15.7. The van der Waals surface area contributed by atoms with Crippen LogP contribution in [0.2, 0.25) is 0 Å². The lowest BCUT2D eigenvalue weighted by atomic mass is 9.79. The number of carbonyl (C=O) groups excluding carboxylic acids is 1. The van der Waals surface area contributed by atoms with Gasteiger partial charge in [0.25, 0.3) is 0 Å². The van der Waals surface area contributed by atoms with Gasteiger partial charge in [-0.25, -0.2) is 5.01 Å². The molecule has 3 aliphatic rings. The average Bonchev–Trinajstić information content (AvgIpc) is 2.82. The summed E-state index contributed by atoms with van der Waals surface area (Å²) in [5.41, 5.74) is 5.46. The third kappa shape index (κ3) is 4.57. The van der Waals surface area contributed by atoms with E-state index in [0.717, 1.165) is 81.4 Å². The normalized spacial score (nSPS) is 21.0. The molecule has 1 unspecified atom stereocenters. The minimum absolute atomic E-state index is 0.0753. The van der Waals surface area contributed by atoms with Crippen molar-refractivity contribution in [3.8, 4) is 5.75 Å². The highest BCUT2D eigenvalue weighted by Crippen LogP contribution is 2.35. The molecule has 0 bridgehead atoms. The van der Waals surface area contributed by atoms with Gasteiger partial charge < -0.3 is 9.47 Å². The number of hydrazone groups is 1. The molecule has 1 saturated heterocycles. The van der Waals surface area contributed by atoms with E-state index in [9.17, 15) is 4.79 Å². The van der Waals surface area contributed by atoms with Gasteiger partial charge in [0.05, 0.1) is 31.2 Å². The van der Waals surface area contributed by atoms with Crippen molar-refractivity contribution >= 4 is 17.3 Å². The topological polar surface area (TPSA) is 54.4 Å². The van der Waals surface area contributed by atoms with E-state index < -0.39 is 0 Å². The fraction of sp³-hybridized carbons (Fsp3) is 0.462. The van der Waals surface area contributed by atoms with E-state index in [1.807, 2.05) is 37.3 Å². The van der Waals surface area contributed by atoms with Crippen molar-refractivity contribution in [2.45, 2.75) is 32.6 Å². The Labute approximate surface area is 189 Å². The van der Waals surface area contributed by atoms with Gasteiger partial charge in [-0.3, -0.25) is 9.69 Å². The molecule has 6 heteroatoms. The van der Waals surface area contributed by atoms with Crippen LogP contribution in [0, 0.1) is 12.8 Å². The first-order valence-electron chi connectivity index (χ1n) is 11.7. The van der Waals surface area contributed by atoms with Crippen molar-refractivity contribution < 1.29 is 14.3 Å². The number of hydrogen-bond acceptors (Lipinski definition) is 5. The van der Waals surface area contributed by atoms with Crippen molar-refractivity contribution in [2.24, 2.45) is 11.0 Å². The van der Waals surface area contributed by atoms with Crippen LogP contribution in [0.1, 0.15) is 36.0 Å². The molecule has 1 amide bonds. The van der Waals surface area contributed by atoms with Gasteiger partial charge >= 0.3 is 0 Å². The fourth-order valence-electron chi connectivity index (χ4n) is 4.79. The summed E-state index contributed by atoms with van der Waals surface area (Å²) in [6.07, 6.45) is 3.45. The van der Waals surface area contributed by atoms with Crippen molar-refractivity contribution in [2.75, 3.05) is 44.5 Å². The van der Waals surface area contributed by atoms with E-state index in [1.54, 1.807) is 5.01 Å².